The molecule has 0 amide bonds. The molecule has 0 aliphatic heterocycles. The molecule has 1 radical (unpaired) electrons. The van der Waals surface area contributed by atoms with Crippen LogP contribution in [0, 0.1) is 0 Å². The lowest BCUT2D eigenvalue weighted by Gasteiger charge is -2.22. The molecule has 0 aliphatic carbocycles. The molecule has 0 saturated carbocycles. The predicted molar refractivity (Wildman–Crippen MR) is 46.4 cm³/mol. The van der Waals surface area contributed by atoms with Crippen LogP contribution in [0.4, 0.5) is 0 Å². The normalized spacial score (nSPS) is 12.7. The molecular weight excluding hydrogens is 171 g/mol. The molecule has 0 fully saturated rings. The largest absolute Gasteiger partial charge is 0.279 e. The molecule has 55 valence electrons. The number of hydrogen-bond acceptors (Lipinski definition) is 0. The van der Waals surface area contributed by atoms with Crippen LogP contribution in [-0.4, -0.2) is 7.42 Å². The maximum Gasteiger partial charge on any atom is 0.279 e. The predicted octanol–water partition coefficient (Wildman–Crippen LogP) is 3.53. The molecule has 3 heteroatoms. The van der Waals surface area contributed by atoms with E-state index in [9.17, 15) is 0 Å². The van der Waals surface area contributed by atoms with Gasteiger partial charge in [0.2, 0.25) is 0 Å². The lowest BCUT2D eigenvalue weighted by atomic mass is 10.1. The molecule has 0 aromatic carbocycles. The van der Waals surface area contributed by atoms with Gasteiger partial charge in [-0.3, -0.25) is 0 Å². The van der Waals surface area contributed by atoms with Gasteiger partial charge in [0, 0.05) is 0 Å². The molecule has 0 spiro atoms. The van der Waals surface area contributed by atoms with Crippen molar-refractivity contribution in [1.82, 2.24) is 0 Å². The third kappa shape index (κ3) is 3.49. The van der Waals surface area contributed by atoms with Crippen molar-refractivity contribution in [2.45, 2.75) is 38.7 Å². The van der Waals surface area contributed by atoms with Crippen LogP contribution in [-0.2, 0) is 0 Å². The van der Waals surface area contributed by atoms with Crippen LogP contribution in [0.2, 0.25) is 5.04 Å². The SMILES string of the molecule is CCCC(C)(C)[Si](Cl)Cl. The van der Waals surface area contributed by atoms with E-state index in [2.05, 4.69) is 20.8 Å². The molecule has 0 unspecified atom stereocenters. The van der Waals surface area contributed by atoms with Crippen molar-refractivity contribution in [2.24, 2.45) is 0 Å². The second-order valence-electron chi connectivity index (χ2n) is 2.89. The summed E-state index contributed by atoms with van der Waals surface area (Å²) in [5.41, 5.74) is 0. The van der Waals surface area contributed by atoms with Crippen molar-refractivity contribution < 1.29 is 0 Å². The summed E-state index contributed by atoms with van der Waals surface area (Å²) in [5.74, 6) is 0. The molecule has 0 N–H and O–H groups in total. The van der Waals surface area contributed by atoms with Gasteiger partial charge >= 0.3 is 0 Å². The van der Waals surface area contributed by atoms with Gasteiger partial charge in [-0.2, -0.15) is 0 Å². The number of halogens is 2. The third-order valence-electron chi connectivity index (χ3n) is 1.39. The first kappa shape index (κ1) is 9.80. The van der Waals surface area contributed by atoms with Gasteiger partial charge in [-0.25, -0.2) is 0 Å². The zero-order valence-corrected chi connectivity index (χ0v) is 8.68. The average Bonchev–Trinajstić information content (AvgIpc) is 1.65. The molecule has 0 heterocycles. The minimum absolute atomic E-state index is 0.183. The zero-order valence-electron chi connectivity index (χ0n) is 6.17. The maximum atomic E-state index is 5.82. The Hall–Kier alpha value is 0.797. The van der Waals surface area contributed by atoms with Crippen molar-refractivity contribution >= 4 is 29.6 Å². The summed E-state index contributed by atoms with van der Waals surface area (Å²) in [6.45, 7) is 6.41. The molecule has 0 aliphatic rings. The van der Waals surface area contributed by atoms with Crippen LogP contribution in [0.25, 0.3) is 0 Å². The molecule has 9 heavy (non-hydrogen) atoms. The van der Waals surface area contributed by atoms with E-state index in [-0.39, 0.29) is 5.04 Å². The van der Waals surface area contributed by atoms with Gasteiger partial charge in [0.25, 0.3) is 7.42 Å². The van der Waals surface area contributed by atoms with E-state index in [0.29, 0.717) is 0 Å². The molecule has 0 bridgehead atoms. The van der Waals surface area contributed by atoms with Gasteiger partial charge in [0.05, 0.1) is 0 Å². The number of rotatable bonds is 3. The summed E-state index contributed by atoms with van der Waals surface area (Å²) in [5, 5.41) is 0.183. The highest BCUT2D eigenvalue weighted by Gasteiger charge is 2.27. The van der Waals surface area contributed by atoms with Crippen LogP contribution in [0.3, 0.4) is 0 Å². The van der Waals surface area contributed by atoms with Gasteiger partial charge in [-0.05, 0) is 11.5 Å². The number of hydrogen-bond donors (Lipinski definition) is 0. The Morgan fingerprint density at radius 3 is 1.89 bits per heavy atom. The fourth-order valence-electron chi connectivity index (χ4n) is 0.719. The Labute approximate surface area is 68.6 Å². The van der Waals surface area contributed by atoms with Gasteiger partial charge < -0.3 is 0 Å². The Morgan fingerprint density at radius 2 is 1.78 bits per heavy atom. The smallest absolute Gasteiger partial charge is 0.146 e. The molecule has 0 nitrogen and oxygen atoms in total. The lowest BCUT2D eigenvalue weighted by molar-refractivity contribution is 0.595. The van der Waals surface area contributed by atoms with Crippen molar-refractivity contribution in [3.05, 3.63) is 0 Å². The van der Waals surface area contributed by atoms with Crippen LogP contribution in [0.15, 0.2) is 0 Å². The fourth-order valence-corrected chi connectivity index (χ4v) is 1.73. The van der Waals surface area contributed by atoms with E-state index in [4.69, 9.17) is 22.2 Å². The summed E-state index contributed by atoms with van der Waals surface area (Å²) in [6, 6.07) is 0. The van der Waals surface area contributed by atoms with Crippen LogP contribution < -0.4 is 0 Å². The first-order valence-corrected chi connectivity index (χ1v) is 6.71. The molecule has 0 saturated heterocycles. The second-order valence-corrected chi connectivity index (χ2v) is 7.62. The fraction of sp³-hybridized carbons (Fsp3) is 1.00. The van der Waals surface area contributed by atoms with Gasteiger partial charge in [-0.15, -0.1) is 22.2 Å². The second kappa shape index (κ2) is 3.84. The molecule has 0 rings (SSSR count). The Bertz CT molecular complexity index is 81.1. The van der Waals surface area contributed by atoms with Gasteiger partial charge in [-0.1, -0.05) is 27.2 Å². The van der Waals surface area contributed by atoms with E-state index in [0.717, 1.165) is 6.42 Å². The highest BCUT2D eigenvalue weighted by molar-refractivity contribution is 7.35. The standard InChI is InChI=1S/C6H13Cl2Si/c1-4-5-6(2,3)9(7)8/h4-5H2,1-3H3. The van der Waals surface area contributed by atoms with E-state index < -0.39 is 7.42 Å². The van der Waals surface area contributed by atoms with Crippen LogP contribution in [0.5, 0.6) is 0 Å². The minimum Gasteiger partial charge on any atom is -0.146 e. The Kier molecular flexibility index (Phi) is 4.18. The molecule has 0 aromatic heterocycles. The summed E-state index contributed by atoms with van der Waals surface area (Å²) >= 11 is 11.6. The van der Waals surface area contributed by atoms with Crippen molar-refractivity contribution in [3.8, 4) is 0 Å². The van der Waals surface area contributed by atoms with Crippen molar-refractivity contribution in [1.29, 1.82) is 0 Å². The minimum atomic E-state index is -1.13. The van der Waals surface area contributed by atoms with E-state index >= 15 is 0 Å². The highest BCUT2D eigenvalue weighted by Crippen LogP contribution is 2.37. The van der Waals surface area contributed by atoms with Crippen LogP contribution in [0.1, 0.15) is 33.6 Å². The molecule has 0 aromatic rings. The summed E-state index contributed by atoms with van der Waals surface area (Å²) in [6.07, 6.45) is 2.30. The molecular formula is C6H13Cl2Si. The zero-order chi connectivity index (χ0) is 7.49. The third-order valence-corrected chi connectivity index (χ3v) is 5.73. The quantitative estimate of drug-likeness (QED) is 0.465. The van der Waals surface area contributed by atoms with Crippen molar-refractivity contribution in [3.63, 3.8) is 0 Å². The van der Waals surface area contributed by atoms with E-state index in [1.54, 1.807) is 0 Å². The summed E-state index contributed by atoms with van der Waals surface area (Å²) < 4.78 is 0. The average molecular weight is 184 g/mol. The maximum absolute atomic E-state index is 5.82. The topological polar surface area (TPSA) is 0 Å². The molecule has 0 atom stereocenters. The van der Waals surface area contributed by atoms with Gasteiger partial charge in [0.15, 0.2) is 0 Å². The first-order chi connectivity index (χ1) is 4.00. The summed E-state index contributed by atoms with van der Waals surface area (Å²) in [4.78, 5) is 0. The Balaban J connectivity index is 3.70. The van der Waals surface area contributed by atoms with Crippen molar-refractivity contribution in [2.75, 3.05) is 0 Å². The van der Waals surface area contributed by atoms with Crippen LogP contribution >= 0.6 is 22.2 Å². The first-order valence-electron chi connectivity index (χ1n) is 3.19. The summed E-state index contributed by atoms with van der Waals surface area (Å²) in [7, 11) is -1.13. The highest BCUT2D eigenvalue weighted by atomic mass is 35.7. The van der Waals surface area contributed by atoms with E-state index in [1.165, 1.54) is 6.42 Å². The van der Waals surface area contributed by atoms with Gasteiger partial charge in [0.1, 0.15) is 0 Å². The monoisotopic (exact) mass is 183 g/mol. The Morgan fingerprint density at radius 1 is 1.33 bits per heavy atom. The lowest BCUT2D eigenvalue weighted by Crippen LogP contribution is -2.15. The van der Waals surface area contributed by atoms with E-state index in [1.807, 2.05) is 0 Å².